The minimum atomic E-state index is -4.34. The molecule has 0 bridgehead atoms. The molecular weight excluding hydrogens is 316 g/mol. The van der Waals surface area contributed by atoms with Gasteiger partial charge in [-0.3, -0.25) is 9.59 Å². The SMILES string of the molecule is CC(=O)Nc1cc(C(=O)N2CCC[C@H](C(F)(F)F)C2)ccc1F. The fourth-order valence-electron chi connectivity index (χ4n) is 2.56. The van der Waals surface area contributed by atoms with E-state index in [1.54, 1.807) is 0 Å². The molecule has 0 aromatic heterocycles. The van der Waals surface area contributed by atoms with Gasteiger partial charge in [-0.1, -0.05) is 0 Å². The van der Waals surface area contributed by atoms with Crippen LogP contribution in [-0.4, -0.2) is 36.0 Å². The number of amides is 2. The topological polar surface area (TPSA) is 49.4 Å². The minimum Gasteiger partial charge on any atom is -0.338 e. The van der Waals surface area contributed by atoms with Crippen molar-refractivity contribution in [3.8, 4) is 0 Å². The molecule has 1 aliphatic rings. The molecule has 126 valence electrons. The number of nitrogens with one attached hydrogen (secondary N) is 1. The van der Waals surface area contributed by atoms with E-state index in [0.29, 0.717) is 0 Å². The molecule has 1 aromatic carbocycles. The summed E-state index contributed by atoms with van der Waals surface area (Å²) in [6.07, 6.45) is -4.09. The quantitative estimate of drug-likeness (QED) is 0.846. The molecule has 8 heteroatoms. The van der Waals surface area contributed by atoms with Crippen LogP contribution in [-0.2, 0) is 4.79 Å². The van der Waals surface area contributed by atoms with Gasteiger partial charge in [0.25, 0.3) is 5.91 Å². The summed E-state index contributed by atoms with van der Waals surface area (Å²) in [6.45, 7) is 1.000. The second-order valence-corrected chi connectivity index (χ2v) is 5.51. The van der Waals surface area contributed by atoms with Crippen molar-refractivity contribution in [3.05, 3.63) is 29.6 Å². The Morgan fingerprint density at radius 1 is 1.30 bits per heavy atom. The number of halogens is 4. The van der Waals surface area contributed by atoms with Gasteiger partial charge in [-0.15, -0.1) is 0 Å². The maximum absolute atomic E-state index is 13.6. The summed E-state index contributed by atoms with van der Waals surface area (Å²) < 4.78 is 52.0. The van der Waals surface area contributed by atoms with Crippen LogP contribution in [0.1, 0.15) is 30.1 Å². The summed E-state index contributed by atoms with van der Waals surface area (Å²) in [4.78, 5) is 24.5. The Bertz CT molecular complexity index is 616. The van der Waals surface area contributed by atoms with Crippen molar-refractivity contribution in [1.82, 2.24) is 4.90 Å². The molecule has 1 atom stereocenters. The lowest BCUT2D eigenvalue weighted by Gasteiger charge is -2.33. The first-order valence-corrected chi connectivity index (χ1v) is 7.11. The standard InChI is InChI=1S/C15H16F4N2O2/c1-9(22)20-13-7-10(4-5-12(13)16)14(23)21-6-2-3-11(8-21)15(17,18)19/h4-5,7,11H,2-3,6,8H2,1H3,(H,20,22)/t11-/m0/s1. The second kappa shape index (κ2) is 6.55. The van der Waals surface area contributed by atoms with Gasteiger partial charge in [0.15, 0.2) is 0 Å². The lowest BCUT2D eigenvalue weighted by atomic mass is 9.97. The van der Waals surface area contributed by atoms with Crippen LogP contribution >= 0.6 is 0 Å². The molecular formula is C15H16F4N2O2. The number of hydrogen-bond donors (Lipinski definition) is 1. The average Bonchev–Trinajstić information content (AvgIpc) is 2.47. The fourth-order valence-corrected chi connectivity index (χ4v) is 2.56. The molecule has 4 nitrogen and oxygen atoms in total. The van der Waals surface area contributed by atoms with Crippen molar-refractivity contribution in [2.75, 3.05) is 18.4 Å². The highest BCUT2D eigenvalue weighted by Gasteiger charge is 2.42. The highest BCUT2D eigenvalue weighted by atomic mass is 19.4. The lowest BCUT2D eigenvalue weighted by molar-refractivity contribution is -0.184. The zero-order chi connectivity index (χ0) is 17.2. The third-order valence-corrected chi connectivity index (χ3v) is 3.70. The van der Waals surface area contributed by atoms with Crippen molar-refractivity contribution in [3.63, 3.8) is 0 Å². The zero-order valence-corrected chi connectivity index (χ0v) is 12.4. The Morgan fingerprint density at radius 2 is 2.00 bits per heavy atom. The van der Waals surface area contributed by atoms with Crippen LogP contribution < -0.4 is 5.32 Å². The van der Waals surface area contributed by atoms with Gasteiger partial charge in [0.05, 0.1) is 11.6 Å². The van der Waals surface area contributed by atoms with Gasteiger partial charge in [0.2, 0.25) is 5.91 Å². The lowest BCUT2D eigenvalue weighted by Crippen LogP contribution is -2.44. The monoisotopic (exact) mass is 332 g/mol. The van der Waals surface area contributed by atoms with Crippen LogP contribution in [0.15, 0.2) is 18.2 Å². The predicted octanol–water partition coefficient (Wildman–Crippen LogP) is 3.20. The van der Waals surface area contributed by atoms with E-state index in [9.17, 15) is 27.2 Å². The van der Waals surface area contributed by atoms with Gasteiger partial charge in [-0.25, -0.2) is 4.39 Å². The smallest absolute Gasteiger partial charge is 0.338 e. The Balaban J connectivity index is 2.18. The summed E-state index contributed by atoms with van der Waals surface area (Å²) in [5.41, 5.74) is -0.134. The van der Waals surface area contributed by atoms with E-state index in [2.05, 4.69) is 5.32 Å². The molecule has 1 heterocycles. The van der Waals surface area contributed by atoms with Crippen molar-refractivity contribution in [2.45, 2.75) is 25.9 Å². The van der Waals surface area contributed by atoms with E-state index in [4.69, 9.17) is 0 Å². The molecule has 23 heavy (non-hydrogen) atoms. The van der Waals surface area contributed by atoms with Crippen LogP contribution in [0.3, 0.4) is 0 Å². The number of rotatable bonds is 2. The van der Waals surface area contributed by atoms with Gasteiger partial charge in [0.1, 0.15) is 5.82 Å². The first kappa shape index (κ1) is 17.2. The molecule has 0 unspecified atom stereocenters. The van der Waals surface area contributed by atoms with E-state index >= 15 is 0 Å². The average molecular weight is 332 g/mol. The molecule has 1 N–H and O–H groups in total. The maximum atomic E-state index is 13.6. The highest BCUT2D eigenvalue weighted by Crippen LogP contribution is 2.33. The molecule has 1 fully saturated rings. The van der Waals surface area contributed by atoms with Crippen LogP contribution in [0.2, 0.25) is 0 Å². The molecule has 0 saturated carbocycles. The van der Waals surface area contributed by atoms with Crippen molar-refractivity contribution in [2.24, 2.45) is 5.92 Å². The van der Waals surface area contributed by atoms with E-state index < -0.39 is 36.3 Å². The normalized spacial score (nSPS) is 18.7. The summed E-state index contributed by atoms with van der Waals surface area (Å²) in [5.74, 6) is -3.38. The van der Waals surface area contributed by atoms with Gasteiger partial charge in [0, 0.05) is 25.6 Å². The summed E-state index contributed by atoms with van der Waals surface area (Å²) in [5, 5.41) is 2.24. The Morgan fingerprint density at radius 3 is 2.61 bits per heavy atom. The number of benzene rings is 1. The summed E-state index contributed by atoms with van der Waals surface area (Å²) >= 11 is 0. The van der Waals surface area contributed by atoms with E-state index in [0.717, 1.165) is 17.0 Å². The van der Waals surface area contributed by atoms with Gasteiger partial charge in [-0.05, 0) is 31.0 Å². The third-order valence-electron chi connectivity index (χ3n) is 3.70. The molecule has 1 aromatic rings. The number of carbonyl (C=O) groups excluding carboxylic acids is 2. The number of carbonyl (C=O) groups is 2. The molecule has 0 radical (unpaired) electrons. The molecule has 0 spiro atoms. The second-order valence-electron chi connectivity index (χ2n) is 5.51. The van der Waals surface area contributed by atoms with Crippen molar-refractivity contribution < 1.29 is 27.2 Å². The summed E-state index contributed by atoms with van der Waals surface area (Å²) in [7, 11) is 0. The first-order valence-electron chi connectivity index (χ1n) is 7.11. The van der Waals surface area contributed by atoms with Crippen LogP contribution in [0.25, 0.3) is 0 Å². The number of hydrogen-bond acceptors (Lipinski definition) is 2. The van der Waals surface area contributed by atoms with Gasteiger partial charge in [-0.2, -0.15) is 13.2 Å². The number of anilines is 1. The molecule has 1 aliphatic heterocycles. The molecule has 1 saturated heterocycles. The number of nitrogens with zero attached hydrogens (tertiary/aromatic N) is 1. The number of likely N-dealkylation sites (tertiary alicyclic amines) is 1. The van der Waals surface area contributed by atoms with E-state index in [1.165, 1.54) is 13.0 Å². The zero-order valence-electron chi connectivity index (χ0n) is 12.4. The van der Waals surface area contributed by atoms with E-state index in [1.807, 2.05) is 0 Å². The van der Waals surface area contributed by atoms with Crippen molar-refractivity contribution >= 4 is 17.5 Å². The van der Waals surface area contributed by atoms with Gasteiger partial charge < -0.3 is 10.2 Å². The van der Waals surface area contributed by atoms with Crippen molar-refractivity contribution in [1.29, 1.82) is 0 Å². The molecule has 2 rings (SSSR count). The predicted molar refractivity (Wildman–Crippen MR) is 75.4 cm³/mol. The third kappa shape index (κ3) is 4.20. The Labute approximate surface area is 130 Å². The molecule has 2 amide bonds. The van der Waals surface area contributed by atoms with Crippen LogP contribution in [0.5, 0.6) is 0 Å². The molecule has 0 aliphatic carbocycles. The number of piperidine rings is 1. The Kier molecular flexibility index (Phi) is 4.91. The minimum absolute atomic E-state index is 0.00611. The van der Waals surface area contributed by atoms with Crippen LogP contribution in [0.4, 0.5) is 23.2 Å². The van der Waals surface area contributed by atoms with Gasteiger partial charge >= 0.3 is 6.18 Å². The largest absolute Gasteiger partial charge is 0.393 e. The fraction of sp³-hybridized carbons (Fsp3) is 0.467. The van der Waals surface area contributed by atoms with Crippen LogP contribution in [0, 0.1) is 11.7 Å². The van der Waals surface area contributed by atoms with E-state index in [-0.39, 0.29) is 30.6 Å². The number of alkyl halides is 3. The maximum Gasteiger partial charge on any atom is 0.393 e. The first-order chi connectivity index (χ1) is 10.7. The Hall–Kier alpha value is -2.12. The summed E-state index contributed by atoms with van der Waals surface area (Å²) in [6, 6.07) is 3.33. The highest BCUT2D eigenvalue weighted by molar-refractivity contribution is 5.97.